The summed E-state index contributed by atoms with van der Waals surface area (Å²) in [6.45, 7) is -0.365. The highest BCUT2D eigenvalue weighted by Crippen LogP contribution is 2.31. The molecule has 0 spiro atoms. The Bertz CT molecular complexity index is 971. The predicted molar refractivity (Wildman–Crippen MR) is 103 cm³/mol. The van der Waals surface area contributed by atoms with Crippen molar-refractivity contribution in [3.05, 3.63) is 53.6 Å². The number of hydrogen-bond acceptors (Lipinski definition) is 6. The fourth-order valence-electron chi connectivity index (χ4n) is 2.42. The van der Waals surface area contributed by atoms with E-state index < -0.39 is 11.8 Å². The standard InChI is InChI=1S/C19H16N4O4S/c20-10-13-3-1-2-4-15(13)27-11-18(25)22-23-19(26)12-5-6-16-14(9-12)21-17(24)7-8-28-16/h1-6,9H,7-8,11H2,(H,21,24)(H,22,25)(H,23,26). The van der Waals surface area contributed by atoms with Crippen molar-refractivity contribution in [3.63, 3.8) is 0 Å². The number of fused-ring (bicyclic) bond motifs is 1. The summed E-state index contributed by atoms with van der Waals surface area (Å²) in [5.41, 5.74) is 5.72. The first-order chi connectivity index (χ1) is 13.6. The molecule has 0 radical (unpaired) electrons. The summed E-state index contributed by atoms with van der Waals surface area (Å²) in [7, 11) is 0. The molecule has 1 heterocycles. The minimum atomic E-state index is -0.584. The fraction of sp³-hybridized carbons (Fsp3) is 0.158. The lowest BCUT2D eigenvalue weighted by Crippen LogP contribution is -2.43. The molecule has 0 aliphatic carbocycles. The molecule has 1 aliphatic heterocycles. The highest BCUT2D eigenvalue weighted by molar-refractivity contribution is 7.99. The van der Waals surface area contributed by atoms with Crippen LogP contribution in [0, 0.1) is 11.3 Å². The number of nitriles is 1. The number of nitrogens with one attached hydrogen (secondary N) is 3. The van der Waals surface area contributed by atoms with Crippen LogP contribution in [0.4, 0.5) is 5.69 Å². The minimum absolute atomic E-state index is 0.105. The van der Waals surface area contributed by atoms with Gasteiger partial charge in [0.15, 0.2) is 6.61 Å². The second kappa shape index (κ2) is 8.92. The first-order valence-electron chi connectivity index (χ1n) is 8.34. The molecule has 1 aliphatic rings. The van der Waals surface area contributed by atoms with Gasteiger partial charge in [-0.05, 0) is 30.3 Å². The van der Waals surface area contributed by atoms with E-state index in [9.17, 15) is 14.4 Å². The van der Waals surface area contributed by atoms with Gasteiger partial charge < -0.3 is 10.1 Å². The van der Waals surface area contributed by atoms with Crippen molar-refractivity contribution in [1.29, 1.82) is 5.26 Å². The molecule has 3 amide bonds. The van der Waals surface area contributed by atoms with Crippen molar-refractivity contribution in [1.82, 2.24) is 10.9 Å². The van der Waals surface area contributed by atoms with Crippen LogP contribution in [0.3, 0.4) is 0 Å². The number of rotatable bonds is 4. The monoisotopic (exact) mass is 396 g/mol. The van der Waals surface area contributed by atoms with E-state index in [4.69, 9.17) is 10.00 Å². The van der Waals surface area contributed by atoms with Crippen LogP contribution in [-0.4, -0.2) is 30.1 Å². The lowest BCUT2D eigenvalue weighted by Gasteiger charge is -2.11. The number of hydrogen-bond donors (Lipinski definition) is 3. The Morgan fingerprint density at radius 2 is 2.04 bits per heavy atom. The van der Waals surface area contributed by atoms with Gasteiger partial charge in [-0.25, -0.2) is 0 Å². The van der Waals surface area contributed by atoms with E-state index in [1.807, 2.05) is 6.07 Å². The van der Waals surface area contributed by atoms with E-state index in [2.05, 4.69) is 16.2 Å². The summed E-state index contributed by atoms with van der Waals surface area (Å²) in [6.07, 6.45) is 0.409. The van der Waals surface area contributed by atoms with Gasteiger partial charge in [0.05, 0.1) is 11.3 Å². The average molecular weight is 396 g/mol. The second-order valence-corrected chi connectivity index (χ2v) is 6.89. The Morgan fingerprint density at radius 3 is 2.86 bits per heavy atom. The molecule has 3 rings (SSSR count). The molecule has 0 fully saturated rings. The Balaban J connectivity index is 1.54. The first kappa shape index (κ1) is 19.3. The molecule has 2 aromatic carbocycles. The van der Waals surface area contributed by atoms with Gasteiger partial charge in [-0.15, -0.1) is 11.8 Å². The van der Waals surface area contributed by atoms with E-state index in [-0.39, 0.29) is 23.8 Å². The number of carbonyl (C=O) groups is 3. The number of thioether (sulfide) groups is 1. The van der Waals surface area contributed by atoms with Gasteiger partial charge in [0.25, 0.3) is 11.8 Å². The number of amides is 3. The highest BCUT2D eigenvalue weighted by atomic mass is 32.2. The van der Waals surface area contributed by atoms with Crippen LogP contribution in [0.15, 0.2) is 47.4 Å². The number of carbonyl (C=O) groups excluding carboxylic acids is 3. The fourth-order valence-corrected chi connectivity index (χ4v) is 3.36. The number of nitrogens with zero attached hydrogens (tertiary/aromatic N) is 1. The SMILES string of the molecule is N#Cc1ccccc1OCC(=O)NNC(=O)c1ccc2c(c1)NC(=O)CCS2. The Hall–Kier alpha value is -3.51. The zero-order valence-electron chi connectivity index (χ0n) is 14.7. The Morgan fingerprint density at radius 1 is 1.21 bits per heavy atom. The van der Waals surface area contributed by atoms with E-state index in [1.54, 1.807) is 42.5 Å². The highest BCUT2D eigenvalue weighted by Gasteiger charge is 2.16. The summed E-state index contributed by atoms with van der Waals surface area (Å²) in [6, 6.07) is 13.4. The van der Waals surface area contributed by atoms with E-state index in [0.29, 0.717) is 23.4 Å². The van der Waals surface area contributed by atoms with E-state index in [1.165, 1.54) is 11.8 Å². The maximum Gasteiger partial charge on any atom is 0.276 e. The predicted octanol–water partition coefficient (Wildman–Crippen LogP) is 1.83. The molecule has 0 atom stereocenters. The van der Waals surface area contributed by atoms with Crippen LogP contribution < -0.4 is 20.9 Å². The van der Waals surface area contributed by atoms with Crippen LogP contribution in [0.1, 0.15) is 22.3 Å². The van der Waals surface area contributed by atoms with E-state index in [0.717, 1.165) is 4.90 Å². The number of hydrazine groups is 1. The molecule has 0 aromatic heterocycles. The molecule has 142 valence electrons. The third kappa shape index (κ3) is 4.81. The van der Waals surface area contributed by atoms with Crippen LogP contribution in [-0.2, 0) is 9.59 Å². The van der Waals surface area contributed by atoms with Crippen molar-refractivity contribution in [2.75, 3.05) is 17.7 Å². The molecule has 3 N–H and O–H groups in total. The van der Waals surface area contributed by atoms with Crippen LogP contribution >= 0.6 is 11.8 Å². The molecule has 8 nitrogen and oxygen atoms in total. The van der Waals surface area contributed by atoms with Gasteiger partial charge in [-0.3, -0.25) is 25.2 Å². The maximum atomic E-state index is 12.2. The first-order valence-corrected chi connectivity index (χ1v) is 9.33. The number of benzene rings is 2. The quantitative estimate of drug-likeness (QED) is 0.678. The molecule has 0 bridgehead atoms. The molecule has 0 saturated carbocycles. The number of ether oxygens (including phenoxy) is 1. The molecule has 0 unspecified atom stereocenters. The van der Waals surface area contributed by atoms with Gasteiger partial charge in [-0.1, -0.05) is 12.1 Å². The van der Waals surface area contributed by atoms with Crippen LogP contribution in [0.25, 0.3) is 0 Å². The van der Waals surface area contributed by atoms with Gasteiger partial charge >= 0.3 is 0 Å². The smallest absolute Gasteiger partial charge is 0.276 e. The summed E-state index contributed by atoms with van der Waals surface area (Å²) >= 11 is 1.54. The van der Waals surface area contributed by atoms with Crippen LogP contribution in [0.5, 0.6) is 5.75 Å². The second-order valence-electron chi connectivity index (χ2n) is 5.76. The van der Waals surface area contributed by atoms with Crippen LogP contribution in [0.2, 0.25) is 0 Å². The van der Waals surface area contributed by atoms with Gasteiger partial charge in [0, 0.05) is 22.6 Å². The van der Waals surface area contributed by atoms with Crippen molar-refractivity contribution >= 4 is 35.2 Å². The molecular formula is C19H16N4O4S. The molecular weight excluding hydrogens is 380 g/mol. The van der Waals surface area contributed by atoms with Crippen molar-refractivity contribution < 1.29 is 19.1 Å². The van der Waals surface area contributed by atoms with Crippen molar-refractivity contribution in [2.24, 2.45) is 0 Å². The van der Waals surface area contributed by atoms with Gasteiger partial charge in [-0.2, -0.15) is 5.26 Å². The lowest BCUT2D eigenvalue weighted by molar-refractivity contribution is -0.123. The molecule has 9 heteroatoms. The van der Waals surface area contributed by atoms with Crippen molar-refractivity contribution in [3.8, 4) is 11.8 Å². The normalized spacial score (nSPS) is 12.6. The Labute approximate surface area is 165 Å². The lowest BCUT2D eigenvalue weighted by atomic mass is 10.2. The van der Waals surface area contributed by atoms with Gasteiger partial charge in [0.1, 0.15) is 11.8 Å². The zero-order valence-corrected chi connectivity index (χ0v) is 15.5. The largest absolute Gasteiger partial charge is 0.482 e. The van der Waals surface area contributed by atoms with Gasteiger partial charge in [0.2, 0.25) is 5.91 Å². The average Bonchev–Trinajstić information content (AvgIpc) is 2.90. The summed E-state index contributed by atoms with van der Waals surface area (Å²) in [5, 5.41) is 11.7. The summed E-state index contributed by atoms with van der Waals surface area (Å²) in [4.78, 5) is 36.7. The topological polar surface area (TPSA) is 120 Å². The molecule has 0 saturated heterocycles. The summed E-state index contributed by atoms with van der Waals surface area (Å²) in [5.74, 6) is -0.260. The maximum absolute atomic E-state index is 12.2. The minimum Gasteiger partial charge on any atom is -0.482 e. The summed E-state index contributed by atoms with van der Waals surface area (Å²) < 4.78 is 5.29. The van der Waals surface area contributed by atoms with Crippen molar-refractivity contribution in [2.45, 2.75) is 11.3 Å². The third-order valence-corrected chi connectivity index (χ3v) is 4.86. The third-order valence-electron chi connectivity index (χ3n) is 3.78. The molecule has 28 heavy (non-hydrogen) atoms. The molecule has 2 aromatic rings. The number of anilines is 1. The van der Waals surface area contributed by atoms with E-state index >= 15 is 0 Å². The number of para-hydroxylation sites is 1. The Kier molecular flexibility index (Phi) is 6.14. The zero-order chi connectivity index (χ0) is 19.9.